The Hall–Kier alpha value is -2.18. The van der Waals surface area contributed by atoms with E-state index in [4.69, 9.17) is 0 Å². The van der Waals surface area contributed by atoms with Crippen LogP contribution in [0.5, 0.6) is 0 Å². The van der Waals surface area contributed by atoms with E-state index in [1.165, 1.54) is 0 Å². The minimum absolute atomic E-state index is 0.826. The molecule has 0 amide bonds. The Labute approximate surface area is 118 Å². The molecule has 7 heteroatoms. The van der Waals surface area contributed by atoms with Crippen LogP contribution in [-0.2, 0) is 13.0 Å². The van der Waals surface area contributed by atoms with Crippen molar-refractivity contribution < 1.29 is 0 Å². The van der Waals surface area contributed by atoms with Crippen LogP contribution in [0.2, 0.25) is 0 Å². The highest BCUT2D eigenvalue weighted by molar-refractivity contribution is 5.47. The second kappa shape index (κ2) is 7.42. The van der Waals surface area contributed by atoms with Gasteiger partial charge in [0.25, 0.3) is 0 Å². The molecule has 0 aliphatic rings. The first-order valence-electron chi connectivity index (χ1n) is 7.01. The van der Waals surface area contributed by atoms with Crippen LogP contribution in [0.15, 0.2) is 18.5 Å². The van der Waals surface area contributed by atoms with Crippen molar-refractivity contribution in [3.05, 3.63) is 24.3 Å². The largest absolute Gasteiger partial charge is 0.370 e. The van der Waals surface area contributed by atoms with Gasteiger partial charge in [-0.3, -0.25) is 4.68 Å². The summed E-state index contributed by atoms with van der Waals surface area (Å²) in [4.78, 5) is 8.90. The lowest BCUT2D eigenvalue weighted by Crippen LogP contribution is -2.10. The van der Waals surface area contributed by atoms with Crippen molar-refractivity contribution in [3.8, 4) is 0 Å². The second-order valence-electron chi connectivity index (χ2n) is 4.38. The van der Waals surface area contributed by atoms with Crippen LogP contribution in [-0.4, -0.2) is 38.1 Å². The molecule has 20 heavy (non-hydrogen) atoms. The second-order valence-corrected chi connectivity index (χ2v) is 4.38. The monoisotopic (exact) mass is 275 g/mol. The number of hydrogen-bond donors (Lipinski definition) is 2. The molecule has 2 aromatic rings. The van der Waals surface area contributed by atoms with Crippen LogP contribution >= 0.6 is 0 Å². The summed E-state index contributed by atoms with van der Waals surface area (Å²) < 4.78 is 1.82. The van der Waals surface area contributed by atoms with E-state index in [0.717, 1.165) is 49.9 Å². The SMILES string of the molecule is CCNc1cc(NCCCn2ccnn2)nc(CC)n1. The van der Waals surface area contributed by atoms with Crippen molar-refractivity contribution in [2.45, 2.75) is 33.2 Å². The Balaban J connectivity index is 1.86. The van der Waals surface area contributed by atoms with Gasteiger partial charge in [-0.2, -0.15) is 0 Å². The summed E-state index contributed by atoms with van der Waals surface area (Å²) in [6, 6.07) is 1.94. The van der Waals surface area contributed by atoms with Crippen molar-refractivity contribution >= 4 is 11.6 Å². The van der Waals surface area contributed by atoms with Crippen LogP contribution in [0.4, 0.5) is 11.6 Å². The number of aryl methyl sites for hydroxylation is 2. The zero-order chi connectivity index (χ0) is 14.2. The fourth-order valence-electron chi connectivity index (χ4n) is 1.83. The van der Waals surface area contributed by atoms with Crippen molar-refractivity contribution in [2.24, 2.45) is 0 Å². The number of nitrogens with zero attached hydrogens (tertiary/aromatic N) is 5. The molecular weight excluding hydrogens is 254 g/mol. The van der Waals surface area contributed by atoms with E-state index in [1.54, 1.807) is 6.20 Å². The lowest BCUT2D eigenvalue weighted by atomic mass is 10.4. The molecule has 0 aliphatic carbocycles. The molecule has 0 unspecified atom stereocenters. The van der Waals surface area contributed by atoms with E-state index >= 15 is 0 Å². The predicted molar refractivity (Wildman–Crippen MR) is 78.7 cm³/mol. The van der Waals surface area contributed by atoms with Gasteiger partial charge < -0.3 is 10.6 Å². The van der Waals surface area contributed by atoms with E-state index in [2.05, 4.69) is 44.8 Å². The number of anilines is 2. The first-order valence-corrected chi connectivity index (χ1v) is 7.01. The summed E-state index contributed by atoms with van der Waals surface area (Å²) in [6.07, 6.45) is 5.34. The number of nitrogens with one attached hydrogen (secondary N) is 2. The topological polar surface area (TPSA) is 80.5 Å². The maximum atomic E-state index is 4.47. The molecule has 108 valence electrons. The molecule has 0 saturated heterocycles. The first kappa shape index (κ1) is 14.2. The summed E-state index contributed by atoms with van der Waals surface area (Å²) in [5.74, 6) is 2.59. The van der Waals surface area contributed by atoms with E-state index in [1.807, 2.05) is 16.9 Å². The van der Waals surface area contributed by atoms with E-state index < -0.39 is 0 Å². The molecule has 0 radical (unpaired) electrons. The molecule has 2 aromatic heterocycles. The zero-order valence-electron chi connectivity index (χ0n) is 12.0. The van der Waals surface area contributed by atoms with Gasteiger partial charge in [0, 0.05) is 38.3 Å². The molecule has 2 heterocycles. The molecular formula is C13H21N7. The van der Waals surface area contributed by atoms with Gasteiger partial charge >= 0.3 is 0 Å². The van der Waals surface area contributed by atoms with Crippen LogP contribution in [0.3, 0.4) is 0 Å². The van der Waals surface area contributed by atoms with Crippen molar-refractivity contribution in [3.63, 3.8) is 0 Å². The average Bonchev–Trinajstić information content (AvgIpc) is 2.97. The van der Waals surface area contributed by atoms with Gasteiger partial charge in [0.2, 0.25) is 0 Å². The molecule has 0 spiro atoms. The number of hydrogen-bond acceptors (Lipinski definition) is 6. The van der Waals surface area contributed by atoms with Crippen LogP contribution in [0.25, 0.3) is 0 Å². The van der Waals surface area contributed by atoms with Crippen molar-refractivity contribution in [1.82, 2.24) is 25.0 Å². The van der Waals surface area contributed by atoms with Crippen molar-refractivity contribution in [2.75, 3.05) is 23.7 Å². The highest BCUT2D eigenvalue weighted by Crippen LogP contribution is 2.11. The lowest BCUT2D eigenvalue weighted by Gasteiger charge is -2.10. The van der Waals surface area contributed by atoms with Crippen molar-refractivity contribution in [1.29, 1.82) is 0 Å². The van der Waals surface area contributed by atoms with Crippen LogP contribution in [0.1, 0.15) is 26.1 Å². The molecule has 2 N–H and O–H groups in total. The van der Waals surface area contributed by atoms with Crippen LogP contribution in [0, 0.1) is 0 Å². The smallest absolute Gasteiger partial charge is 0.132 e. The van der Waals surface area contributed by atoms with E-state index in [9.17, 15) is 0 Å². The van der Waals surface area contributed by atoms with Gasteiger partial charge in [0.15, 0.2) is 0 Å². The van der Waals surface area contributed by atoms with Gasteiger partial charge in [0.1, 0.15) is 17.5 Å². The van der Waals surface area contributed by atoms with Gasteiger partial charge in [0.05, 0.1) is 6.20 Å². The Bertz CT molecular complexity index is 509. The Morgan fingerprint density at radius 1 is 1.15 bits per heavy atom. The quantitative estimate of drug-likeness (QED) is 0.712. The third-order valence-corrected chi connectivity index (χ3v) is 2.79. The molecule has 0 bridgehead atoms. The highest BCUT2D eigenvalue weighted by Gasteiger charge is 2.02. The standard InChI is InChI=1S/C13H21N7/c1-3-11-17-12(14-4-2)10-13(18-11)15-6-5-8-20-9-7-16-19-20/h7,9-10H,3-6,8H2,1-2H3,(H2,14,15,17,18). The molecule has 0 saturated carbocycles. The molecule has 7 nitrogen and oxygen atoms in total. The van der Waals surface area contributed by atoms with Crippen LogP contribution < -0.4 is 10.6 Å². The summed E-state index contributed by atoms with van der Waals surface area (Å²) in [5, 5.41) is 14.3. The highest BCUT2D eigenvalue weighted by atomic mass is 15.4. The molecule has 0 fully saturated rings. The Morgan fingerprint density at radius 3 is 2.60 bits per heavy atom. The average molecular weight is 275 g/mol. The lowest BCUT2D eigenvalue weighted by molar-refractivity contribution is 0.569. The fraction of sp³-hybridized carbons (Fsp3) is 0.538. The normalized spacial score (nSPS) is 10.5. The third-order valence-electron chi connectivity index (χ3n) is 2.79. The Morgan fingerprint density at radius 2 is 1.95 bits per heavy atom. The molecule has 0 aromatic carbocycles. The molecule has 2 rings (SSSR count). The predicted octanol–water partition coefficient (Wildman–Crippen LogP) is 1.56. The van der Waals surface area contributed by atoms with Gasteiger partial charge in [-0.1, -0.05) is 12.1 Å². The van der Waals surface area contributed by atoms with E-state index in [-0.39, 0.29) is 0 Å². The number of aromatic nitrogens is 5. The zero-order valence-corrected chi connectivity index (χ0v) is 12.0. The van der Waals surface area contributed by atoms with Gasteiger partial charge in [-0.25, -0.2) is 9.97 Å². The first-order chi connectivity index (χ1) is 9.81. The Kier molecular flexibility index (Phi) is 5.28. The van der Waals surface area contributed by atoms with E-state index in [0.29, 0.717) is 0 Å². The van der Waals surface area contributed by atoms with Gasteiger partial charge in [-0.05, 0) is 13.3 Å². The van der Waals surface area contributed by atoms with Gasteiger partial charge in [-0.15, -0.1) is 5.10 Å². The summed E-state index contributed by atoms with van der Waals surface area (Å²) in [6.45, 7) is 6.65. The molecule has 0 atom stereocenters. The minimum Gasteiger partial charge on any atom is -0.370 e. The maximum absolute atomic E-state index is 4.47. The summed E-state index contributed by atoms with van der Waals surface area (Å²) in [7, 11) is 0. The molecule has 0 aliphatic heterocycles. The fourth-order valence-corrected chi connectivity index (χ4v) is 1.83. The summed E-state index contributed by atoms with van der Waals surface area (Å²) >= 11 is 0. The third kappa shape index (κ3) is 4.18. The maximum Gasteiger partial charge on any atom is 0.132 e. The summed E-state index contributed by atoms with van der Waals surface area (Å²) in [5.41, 5.74) is 0. The number of rotatable bonds is 8. The minimum atomic E-state index is 0.826.